The average molecular weight is 496 g/mol. The molecule has 1 fully saturated rings. The number of amides is 1. The molecule has 2 aromatic carbocycles. The minimum absolute atomic E-state index is 0.213. The zero-order valence-corrected chi connectivity index (χ0v) is 20.7. The van der Waals surface area contributed by atoms with Crippen molar-refractivity contribution in [3.05, 3.63) is 89.1 Å². The molecule has 3 aromatic rings. The van der Waals surface area contributed by atoms with Crippen molar-refractivity contribution in [3.8, 4) is 5.75 Å². The topological polar surface area (TPSA) is 67.2 Å². The van der Waals surface area contributed by atoms with Crippen LogP contribution in [-0.4, -0.2) is 62.2 Å². The molecule has 1 aliphatic heterocycles. The third-order valence-electron chi connectivity index (χ3n) is 6.17. The fourth-order valence-electron chi connectivity index (χ4n) is 4.27. The predicted molar refractivity (Wildman–Crippen MR) is 135 cm³/mol. The van der Waals surface area contributed by atoms with E-state index in [9.17, 15) is 9.18 Å². The number of rotatable bonds is 12. The molecule has 8 heteroatoms. The maximum Gasteiger partial charge on any atom is 0.286 e. The Balaban J connectivity index is 1.34. The van der Waals surface area contributed by atoms with Gasteiger partial charge < -0.3 is 19.2 Å². The Morgan fingerprint density at radius 2 is 1.81 bits per heavy atom. The highest BCUT2D eigenvalue weighted by Gasteiger charge is 2.15. The van der Waals surface area contributed by atoms with Crippen molar-refractivity contribution < 1.29 is 23.1 Å². The second kappa shape index (κ2) is 13.2. The maximum absolute atomic E-state index is 13.8. The Morgan fingerprint density at radius 1 is 1.03 bits per heavy atom. The molecule has 0 aliphatic carbocycles. The van der Waals surface area contributed by atoms with E-state index in [1.165, 1.54) is 6.07 Å². The summed E-state index contributed by atoms with van der Waals surface area (Å²) in [5.74, 6) is 1.30. The number of benzene rings is 2. The number of nitrogens with zero attached hydrogens (tertiary/aromatic N) is 2. The number of carbonyl (C=O) groups is 1. The highest BCUT2D eigenvalue weighted by atomic mass is 19.1. The van der Waals surface area contributed by atoms with Crippen LogP contribution in [0.4, 0.5) is 4.39 Å². The molecule has 0 atom stereocenters. The highest BCUT2D eigenvalue weighted by molar-refractivity contribution is 5.91. The van der Waals surface area contributed by atoms with Crippen LogP contribution in [0.2, 0.25) is 0 Å². The minimum Gasteiger partial charge on any atom is -0.497 e. The van der Waals surface area contributed by atoms with E-state index in [4.69, 9.17) is 13.9 Å². The molecule has 2 heterocycles. The quantitative estimate of drug-likeness (QED) is 0.382. The summed E-state index contributed by atoms with van der Waals surface area (Å²) in [5, 5.41) is 2.94. The van der Waals surface area contributed by atoms with Gasteiger partial charge in [0.1, 0.15) is 17.3 Å². The van der Waals surface area contributed by atoms with Crippen LogP contribution in [-0.2, 0) is 24.4 Å². The van der Waals surface area contributed by atoms with Gasteiger partial charge in [-0.25, -0.2) is 4.39 Å². The van der Waals surface area contributed by atoms with Gasteiger partial charge in [-0.2, -0.15) is 0 Å². The number of carbonyl (C=O) groups excluding carboxylic acids is 1. The van der Waals surface area contributed by atoms with Crippen molar-refractivity contribution in [1.29, 1.82) is 0 Å². The van der Waals surface area contributed by atoms with E-state index < -0.39 is 0 Å². The lowest BCUT2D eigenvalue weighted by atomic mass is 10.1. The van der Waals surface area contributed by atoms with Crippen LogP contribution < -0.4 is 10.1 Å². The second-order valence-corrected chi connectivity index (χ2v) is 8.95. The van der Waals surface area contributed by atoms with Crippen molar-refractivity contribution in [2.75, 3.05) is 46.5 Å². The number of ether oxygens (including phenoxy) is 2. The van der Waals surface area contributed by atoms with E-state index in [-0.39, 0.29) is 11.7 Å². The molecule has 7 nitrogen and oxygen atoms in total. The summed E-state index contributed by atoms with van der Waals surface area (Å²) < 4.78 is 30.3. The van der Waals surface area contributed by atoms with Gasteiger partial charge in [-0.15, -0.1) is 0 Å². The molecule has 1 aromatic heterocycles. The lowest BCUT2D eigenvalue weighted by Crippen LogP contribution is -2.38. The number of furan rings is 1. The van der Waals surface area contributed by atoms with E-state index in [2.05, 4.69) is 15.1 Å². The van der Waals surface area contributed by atoms with Gasteiger partial charge in [-0.05, 0) is 60.5 Å². The number of halogens is 1. The van der Waals surface area contributed by atoms with Gasteiger partial charge in [0, 0.05) is 32.7 Å². The molecule has 4 rings (SSSR count). The van der Waals surface area contributed by atoms with Gasteiger partial charge in [-0.1, -0.05) is 24.3 Å². The fraction of sp³-hybridized carbons (Fsp3) is 0.393. The van der Waals surface area contributed by atoms with Crippen molar-refractivity contribution >= 4 is 5.91 Å². The first kappa shape index (κ1) is 25.9. The van der Waals surface area contributed by atoms with E-state index >= 15 is 0 Å². The first-order valence-corrected chi connectivity index (χ1v) is 12.4. The average Bonchev–Trinajstić information content (AvgIpc) is 3.36. The Hall–Kier alpha value is -3.20. The Kier molecular flexibility index (Phi) is 9.49. The molecular formula is C28H34FN3O4. The zero-order valence-electron chi connectivity index (χ0n) is 20.7. The minimum atomic E-state index is -0.262. The lowest BCUT2D eigenvalue weighted by Gasteiger charge is -2.26. The second-order valence-electron chi connectivity index (χ2n) is 8.95. The number of hydrogen-bond donors (Lipinski definition) is 1. The first-order chi connectivity index (χ1) is 17.6. The summed E-state index contributed by atoms with van der Waals surface area (Å²) in [6.07, 6.45) is 0.878. The monoisotopic (exact) mass is 495 g/mol. The van der Waals surface area contributed by atoms with Crippen LogP contribution in [0.3, 0.4) is 0 Å². The van der Waals surface area contributed by atoms with Gasteiger partial charge in [0.15, 0.2) is 5.76 Å². The van der Waals surface area contributed by atoms with E-state index in [0.29, 0.717) is 37.7 Å². The van der Waals surface area contributed by atoms with Gasteiger partial charge in [-0.3, -0.25) is 14.6 Å². The Bertz CT molecular complexity index is 1100. The lowest BCUT2D eigenvalue weighted by molar-refractivity contribution is 0.0374. The Labute approximate surface area is 211 Å². The van der Waals surface area contributed by atoms with E-state index in [1.807, 2.05) is 36.4 Å². The fourth-order valence-corrected chi connectivity index (χ4v) is 4.27. The van der Waals surface area contributed by atoms with Crippen LogP contribution in [0.1, 0.15) is 33.9 Å². The van der Waals surface area contributed by atoms with Crippen LogP contribution >= 0.6 is 0 Å². The van der Waals surface area contributed by atoms with Crippen molar-refractivity contribution in [3.63, 3.8) is 0 Å². The van der Waals surface area contributed by atoms with E-state index in [0.717, 1.165) is 56.1 Å². The third-order valence-corrected chi connectivity index (χ3v) is 6.17. The van der Waals surface area contributed by atoms with Gasteiger partial charge in [0.25, 0.3) is 5.91 Å². The summed E-state index contributed by atoms with van der Waals surface area (Å²) in [5.41, 5.74) is 1.96. The molecule has 0 saturated carbocycles. The summed E-state index contributed by atoms with van der Waals surface area (Å²) in [6, 6.07) is 18.0. The molecule has 1 amide bonds. The molecule has 0 unspecified atom stereocenters. The molecule has 1 saturated heterocycles. The molecule has 0 bridgehead atoms. The normalized spacial score (nSPS) is 14.2. The number of nitrogens with one attached hydrogen (secondary N) is 1. The van der Waals surface area contributed by atoms with Crippen LogP contribution in [0, 0.1) is 5.82 Å². The Morgan fingerprint density at radius 3 is 2.56 bits per heavy atom. The summed E-state index contributed by atoms with van der Waals surface area (Å²) in [4.78, 5) is 17.1. The number of hydrogen-bond acceptors (Lipinski definition) is 6. The van der Waals surface area contributed by atoms with Crippen molar-refractivity contribution in [2.24, 2.45) is 0 Å². The molecule has 1 N–H and O–H groups in total. The van der Waals surface area contributed by atoms with Crippen LogP contribution in [0.15, 0.2) is 65.1 Å². The number of methoxy groups -OCH3 is 1. The summed E-state index contributed by atoms with van der Waals surface area (Å²) >= 11 is 0. The van der Waals surface area contributed by atoms with Gasteiger partial charge in [0.2, 0.25) is 0 Å². The third kappa shape index (κ3) is 7.91. The molecule has 192 valence electrons. The van der Waals surface area contributed by atoms with E-state index in [1.54, 1.807) is 25.3 Å². The van der Waals surface area contributed by atoms with Gasteiger partial charge >= 0.3 is 0 Å². The highest BCUT2D eigenvalue weighted by Crippen LogP contribution is 2.19. The SMILES string of the molecule is COc1ccc(CN(Cc2cccc(F)c2)Cc2ccc(C(=O)NCCCN3CCOCC3)o2)cc1. The smallest absolute Gasteiger partial charge is 0.286 e. The van der Waals surface area contributed by atoms with Crippen molar-refractivity contribution in [2.45, 2.75) is 26.1 Å². The maximum atomic E-state index is 13.8. The standard InChI is InChI=1S/C28H34FN3O4/c1-34-25-8-6-22(7-9-25)19-32(20-23-4-2-5-24(29)18-23)21-26-10-11-27(36-26)28(33)30-12-3-13-31-14-16-35-17-15-31/h2,4-11,18H,3,12-17,19-21H2,1H3,(H,30,33). The molecule has 0 spiro atoms. The van der Waals surface area contributed by atoms with Crippen LogP contribution in [0.5, 0.6) is 5.75 Å². The largest absolute Gasteiger partial charge is 0.497 e. The first-order valence-electron chi connectivity index (χ1n) is 12.4. The summed E-state index contributed by atoms with van der Waals surface area (Å²) in [6.45, 7) is 6.61. The molecule has 1 aliphatic rings. The molecular weight excluding hydrogens is 461 g/mol. The predicted octanol–water partition coefficient (Wildman–Crippen LogP) is 4.08. The van der Waals surface area contributed by atoms with Gasteiger partial charge in [0.05, 0.1) is 26.9 Å². The van der Waals surface area contributed by atoms with Crippen LogP contribution in [0.25, 0.3) is 0 Å². The number of morpholine rings is 1. The molecule has 0 radical (unpaired) electrons. The summed E-state index contributed by atoms with van der Waals surface area (Å²) in [7, 11) is 1.64. The van der Waals surface area contributed by atoms with Crippen molar-refractivity contribution in [1.82, 2.24) is 15.1 Å². The molecule has 36 heavy (non-hydrogen) atoms. The zero-order chi connectivity index (χ0) is 25.2.